The molecule has 0 aliphatic rings. The van der Waals surface area contributed by atoms with Crippen molar-refractivity contribution in [2.45, 2.75) is 18.4 Å². The van der Waals surface area contributed by atoms with Crippen LogP contribution >= 0.6 is 0 Å². The predicted molar refractivity (Wildman–Crippen MR) is 109 cm³/mol. The van der Waals surface area contributed by atoms with Crippen LogP contribution in [-0.4, -0.2) is 33.1 Å². The van der Waals surface area contributed by atoms with Crippen LogP contribution in [0.5, 0.6) is 0 Å². The first-order valence-corrected chi connectivity index (χ1v) is 10.6. The van der Waals surface area contributed by atoms with E-state index in [0.717, 1.165) is 5.56 Å². The second-order valence-corrected chi connectivity index (χ2v) is 8.09. The molecule has 1 heterocycles. The summed E-state index contributed by atoms with van der Waals surface area (Å²) in [5.41, 5.74) is 3.06. The Morgan fingerprint density at radius 3 is 2.40 bits per heavy atom. The molecule has 2 N–H and O–H groups in total. The highest BCUT2D eigenvalue weighted by atomic mass is 32.2. The molecule has 0 saturated carbocycles. The summed E-state index contributed by atoms with van der Waals surface area (Å²) >= 11 is 0. The lowest BCUT2D eigenvalue weighted by Crippen LogP contribution is -2.44. The van der Waals surface area contributed by atoms with E-state index in [1.165, 1.54) is 27.8 Å². The van der Waals surface area contributed by atoms with Gasteiger partial charge in [0.15, 0.2) is 5.69 Å². The van der Waals surface area contributed by atoms with Gasteiger partial charge in [-0.1, -0.05) is 42.0 Å². The average molecular weight is 423 g/mol. The molecule has 4 rings (SSSR count). The molecule has 30 heavy (non-hydrogen) atoms. The molecule has 0 bridgehead atoms. The van der Waals surface area contributed by atoms with E-state index < -0.39 is 10.1 Å². The summed E-state index contributed by atoms with van der Waals surface area (Å²) in [5, 5.41) is 18.9. The molecule has 3 aromatic carbocycles. The van der Waals surface area contributed by atoms with Crippen LogP contribution in [0.3, 0.4) is 0 Å². The van der Waals surface area contributed by atoms with E-state index in [-0.39, 0.29) is 22.9 Å². The highest BCUT2D eigenvalue weighted by Crippen LogP contribution is 2.24. The van der Waals surface area contributed by atoms with Crippen molar-refractivity contribution in [3.05, 3.63) is 83.9 Å². The first-order chi connectivity index (χ1) is 14.4. The van der Waals surface area contributed by atoms with Gasteiger partial charge in [0.05, 0.1) is 17.3 Å². The van der Waals surface area contributed by atoms with Crippen molar-refractivity contribution in [3.63, 3.8) is 0 Å². The largest absolute Gasteiger partial charge is 0.392 e. The quantitative estimate of drug-likeness (QED) is 0.376. The minimum absolute atomic E-state index is 0.108. The molecule has 0 unspecified atom stereocenters. The van der Waals surface area contributed by atoms with Gasteiger partial charge < -0.3 is 5.11 Å². The number of benzene rings is 3. The van der Waals surface area contributed by atoms with Gasteiger partial charge in [-0.05, 0) is 53.2 Å². The average Bonchev–Trinajstić information content (AvgIpc) is 3.19. The van der Waals surface area contributed by atoms with Crippen molar-refractivity contribution in [3.8, 4) is 22.8 Å². The molecule has 9 heteroatoms. The van der Waals surface area contributed by atoms with Gasteiger partial charge >= 0.3 is 5.82 Å². The number of aromatic nitrogens is 4. The fraction of sp³-hybridized carbons (Fsp3) is 0.0952. The number of aliphatic hydroxyl groups excluding tert-OH is 1. The Morgan fingerprint density at radius 2 is 1.70 bits per heavy atom. The SMILES string of the molecule is Cc1ccc(-[n+]2nc(-c3ccccc3S(=O)(=O)O)nn2-c2ccccc2)c(CO)c1. The molecule has 0 amide bonds. The molecular formula is C21H19N4O4S+. The van der Waals surface area contributed by atoms with Crippen molar-refractivity contribution in [1.82, 2.24) is 15.0 Å². The maximum Gasteiger partial charge on any atom is 0.341 e. The number of rotatable bonds is 5. The Kier molecular flexibility index (Phi) is 5.17. The van der Waals surface area contributed by atoms with Crippen LogP contribution in [0.4, 0.5) is 0 Å². The first kappa shape index (κ1) is 19.9. The summed E-state index contributed by atoms with van der Waals surface area (Å²) in [6.45, 7) is 1.71. The number of para-hydroxylation sites is 1. The summed E-state index contributed by atoms with van der Waals surface area (Å²) in [5.74, 6) is 0.108. The number of hydrogen-bond donors (Lipinski definition) is 2. The number of tetrazole rings is 1. The molecule has 0 saturated heterocycles. The summed E-state index contributed by atoms with van der Waals surface area (Å²) in [7, 11) is -4.47. The molecule has 0 spiro atoms. The van der Waals surface area contributed by atoms with Gasteiger partial charge in [-0.2, -0.15) is 8.42 Å². The van der Waals surface area contributed by atoms with Crippen molar-refractivity contribution >= 4 is 10.1 Å². The van der Waals surface area contributed by atoms with Crippen LogP contribution in [0, 0.1) is 6.92 Å². The summed E-state index contributed by atoms with van der Waals surface area (Å²) in [4.78, 5) is 2.73. The molecular weight excluding hydrogens is 404 g/mol. The molecule has 0 atom stereocenters. The van der Waals surface area contributed by atoms with Crippen molar-refractivity contribution < 1.29 is 22.9 Å². The number of aryl methyl sites for hydroxylation is 1. The van der Waals surface area contributed by atoms with Crippen LogP contribution in [0.1, 0.15) is 11.1 Å². The maximum atomic E-state index is 11.8. The van der Waals surface area contributed by atoms with Gasteiger partial charge in [-0.25, -0.2) is 0 Å². The zero-order chi connectivity index (χ0) is 21.3. The zero-order valence-corrected chi connectivity index (χ0v) is 16.9. The lowest BCUT2D eigenvalue weighted by Gasteiger charge is -2.05. The van der Waals surface area contributed by atoms with E-state index in [9.17, 15) is 18.1 Å². The highest BCUT2D eigenvalue weighted by molar-refractivity contribution is 7.86. The molecule has 0 aliphatic carbocycles. The van der Waals surface area contributed by atoms with E-state index in [0.29, 0.717) is 16.9 Å². The van der Waals surface area contributed by atoms with Crippen LogP contribution in [0.2, 0.25) is 0 Å². The van der Waals surface area contributed by atoms with E-state index in [1.54, 1.807) is 6.07 Å². The van der Waals surface area contributed by atoms with Crippen LogP contribution < -0.4 is 4.80 Å². The van der Waals surface area contributed by atoms with Gasteiger partial charge in [0.2, 0.25) is 0 Å². The van der Waals surface area contributed by atoms with E-state index >= 15 is 0 Å². The van der Waals surface area contributed by atoms with E-state index in [1.807, 2.05) is 55.5 Å². The Labute approximate surface area is 173 Å². The second kappa shape index (κ2) is 7.79. The molecule has 0 fully saturated rings. The van der Waals surface area contributed by atoms with Gasteiger partial charge in [0.1, 0.15) is 10.6 Å². The van der Waals surface area contributed by atoms with E-state index in [4.69, 9.17) is 0 Å². The minimum atomic E-state index is -4.47. The van der Waals surface area contributed by atoms with Crippen LogP contribution in [0.25, 0.3) is 22.8 Å². The van der Waals surface area contributed by atoms with Gasteiger partial charge in [0, 0.05) is 10.4 Å². The van der Waals surface area contributed by atoms with Crippen molar-refractivity contribution in [2.75, 3.05) is 0 Å². The Balaban J connectivity index is 2.00. The normalized spacial score (nSPS) is 11.6. The third-order valence-corrected chi connectivity index (χ3v) is 5.48. The Hall–Kier alpha value is -3.40. The first-order valence-electron chi connectivity index (χ1n) is 9.11. The van der Waals surface area contributed by atoms with Gasteiger partial charge in [0.25, 0.3) is 10.1 Å². The molecule has 152 valence electrons. The number of aliphatic hydroxyl groups is 1. The minimum Gasteiger partial charge on any atom is -0.392 e. The Morgan fingerprint density at radius 1 is 1.00 bits per heavy atom. The summed E-state index contributed by atoms with van der Waals surface area (Å²) in [6, 6.07) is 20.7. The maximum absolute atomic E-state index is 11.8. The third-order valence-electron chi connectivity index (χ3n) is 4.57. The summed E-state index contributed by atoms with van der Waals surface area (Å²) in [6.07, 6.45) is 0. The van der Waals surface area contributed by atoms with Crippen LogP contribution in [0.15, 0.2) is 77.7 Å². The third kappa shape index (κ3) is 3.73. The molecule has 4 aromatic rings. The smallest absolute Gasteiger partial charge is 0.341 e. The lowest BCUT2D eigenvalue weighted by atomic mass is 10.1. The predicted octanol–water partition coefficient (Wildman–Crippen LogP) is 2.26. The Bertz CT molecular complexity index is 1320. The van der Waals surface area contributed by atoms with Gasteiger partial charge in [-0.15, -0.1) is 0 Å². The highest BCUT2D eigenvalue weighted by Gasteiger charge is 2.29. The zero-order valence-electron chi connectivity index (χ0n) is 16.0. The standard InChI is InChI=1S/C21H18N4O4S/c1-15-11-12-19(16(13-15)14-26)25-23-21(22-24(25)17-7-3-2-4-8-17)18-9-5-6-10-20(18)30(27,28)29/h2-13,26H,14H2,1H3/p+1. The molecule has 1 aromatic heterocycles. The number of hydrogen-bond acceptors (Lipinski definition) is 5. The topological polar surface area (TPSA) is 109 Å². The van der Waals surface area contributed by atoms with Crippen molar-refractivity contribution in [1.29, 1.82) is 0 Å². The lowest BCUT2D eigenvalue weighted by molar-refractivity contribution is -0.735. The van der Waals surface area contributed by atoms with E-state index in [2.05, 4.69) is 10.2 Å². The summed E-state index contributed by atoms with van der Waals surface area (Å²) < 4.78 is 33.3. The van der Waals surface area contributed by atoms with Crippen LogP contribution in [-0.2, 0) is 16.7 Å². The fourth-order valence-corrected chi connectivity index (χ4v) is 3.88. The molecule has 0 radical (unpaired) electrons. The fourth-order valence-electron chi connectivity index (χ4n) is 3.19. The number of nitrogens with zero attached hydrogens (tertiary/aromatic N) is 4. The monoisotopic (exact) mass is 423 g/mol. The molecule has 8 nitrogen and oxygen atoms in total. The van der Waals surface area contributed by atoms with Crippen molar-refractivity contribution in [2.24, 2.45) is 0 Å². The van der Waals surface area contributed by atoms with Gasteiger partial charge in [-0.3, -0.25) is 4.55 Å². The molecule has 0 aliphatic heterocycles. The second-order valence-electron chi connectivity index (χ2n) is 6.70.